The van der Waals surface area contributed by atoms with E-state index in [1.54, 1.807) is 38.1 Å². The van der Waals surface area contributed by atoms with E-state index in [0.717, 1.165) is 0 Å². The number of esters is 1. The third-order valence-corrected chi connectivity index (χ3v) is 2.96. The topological polar surface area (TPSA) is 107 Å². The number of carbonyl (C=O) groups is 1. The largest absolute Gasteiger partial charge is 0.459 e. The van der Waals surface area contributed by atoms with E-state index < -0.39 is 10.9 Å². The van der Waals surface area contributed by atoms with Crippen LogP contribution in [0.5, 0.6) is 0 Å². The smallest absolute Gasteiger partial charge is 0.338 e. The number of benzene rings is 2. The summed E-state index contributed by atoms with van der Waals surface area (Å²) in [6.45, 7) is 3.42. The summed E-state index contributed by atoms with van der Waals surface area (Å²) in [5.41, 5.74) is 7.05. The van der Waals surface area contributed by atoms with Crippen LogP contribution in [0.4, 0.5) is 22.7 Å². The zero-order chi connectivity index (χ0) is 17.0. The summed E-state index contributed by atoms with van der Waals surface area (Å²) in [5, 5.41) is 14.2. The van der Waals surface area contributed by atoms with Crippen molar-refractivity contribution in [1.29, 1.82) is 0 Å². The number of nitro groups is 1. The maximum absolute atomic E-state index is 11.9. The van der Waals surface area contributed by atoms with Crippen molar-refractivity contribution in [3.63, 3.8) is 0 Å². The lowest BCUT2D eigenvalue weighted by Crippen LogP contribution is -2.12. The molecule has 0 saturated carbocycles. The predicted molar refractivity (Wildman–Crippen MR) is 87.8 cm³/mol. The lowest BCUT2D eigenvalue weighted by atomic mass is 10.1. The number of ether oxygens (including phenoxy) is 1. The van der Waals surface area contributed by atoms with Crippen LogP contribution in [0.2, 0.25) is 0 Å². The molecule has 0 aliphatic rings. The zero-order valence-corrected chi connectivity index (χ0v) is 12.8. The van der Waals surface area contributed by atoms with Crippen LogP contribution in [0.15, 0.2) is 42.5 Å². The van der Waals surface area contributed by atoms with Crippen LogP contribution in [0, 0.1) is 10.1 Å². The molecule has 0 bridgehead atoms. The maximum Gasteiger partial charge on any atom is 0.338 e. The van der Waals surface area contributed by atoms with Gasteiger partial charge in [0, 0.05) is 17.4 Å². The Balaban J connectivity index is 2.31. The predicted octanol–water partition coefficient (Wildman–Crippen LogP) is 3.49. The van der Waals surface area contributed by atoms with E-state index in [2.05, 4.69) is 5.32 Å². The third kappa shape index (κ3) is 4.19. The molecule has 0 amide bonds. The first-order chi connectivity index (χ1) is 10.9. The summed E-state index contributed by atoms with van der Waals surface area (Å²) in [5.74, 6) is -0.595. The summed E-state index contributed by atoms with van der Waals surface area (Å²) >= 11 is 0. The number of nitrogen functional groups attached to an aromatic ring is 1. The van der Waals surface area contributed by atoms with Gasteiger partial charge >= 0.3 is 5.97 Å². The number of nitrogens with zero attached hydrogens (tertiary/aromatic N) is 1. The minimum absolute atomic E-state index is 0.133. The van der Waals surface area contributed by atoms with Gasteiger partial charge in [-0.05, 0) is 50.2 Å². The molecule has 0 aliphatic carbocycles. The molecule has 0 aromatic heterocycles. The molecule has 0 radical (unpaired) electrons. The first-order valence-corrected chi connectivity index (χ1v) is 6.99. The summed E-state index contributed by atoms with van der Waals surface area (Å²) in [7, 11) is 0. The average Bonchev–Trinajstić information content (AvgIpc) is 2.49. The van der Waals surface area contributed by atoms with E-state index in [0.29, 0.717) is 11.4 Å². The Bertz CT molecular complexity index is 727. The summed E-state index contributed by atoms with van der Waals surface area (Å²) < 4.78 is 5.05. The molecule has 0 aliphatic heterocycles. The summed E-state index contributed by atoms with van der Waals surface area (Å²) in [6.07, 6.45) is -0.297. The quantitative estimate of drug-likeness (QED) is 0.378. The van der Waals surface area contributed by atoms with Crippen molar-refractivity contribution in [2.24, 2.45) is 0 Å². The lowest BCUT2D eigenvalue weighted by Gasteiger charge is -2.10. The Labute approximate surface area is 133 Å². The summed E-state index contributed by atoms with van der Waals surface area (Å²) in [6, 6.07) is 10.9. The average molecular weight is 315 g/mol. The van der Waals surface area contributed by atoms with Crippen molar-refractivity contribution in [2.75, 3.05) is 11.1 Å². The van der Waals surface area contributed by atoms with Gasteiger partial charge in [0.1, 0.15) is 5.69 Å². The number of carbonyl (C=O) groups excluding carboxylic acids is 1. The van der Waals surface area contributed by atoms with Gasteiger partial charge < -0.3 is 15.8 Å². The molecule has 7 heteroatoms. The van der Waals surface area contributed by atoms with E-state index in [1.165, 1.54) is 18.2 Å². The molecule has 23 heavy (non-hydrogen) atoms. The molecule has 2 aromatic carbocycles. The maximum atomic E-state index is 11.9. The molecular formula is C16H17N3O4. The molecule has 0 spiro atoms. The second kappa shape index (κ2) is 6.78. The zero-order valence-electron chi connectivity index (χ0n) is 12.8. The van der Waals surface area contributed by atoms with E-state index in [-0.39, 0.29) is 23.0 Å². The van der Waals surface area contributed by atoms with E-state index in [4.69, 9.17) is 10.5 Å². The van der Waals surface area contributed by atoms with Crippen LogP contribution in [-0.2, 0) is 4.74 Å². The lowest BCUT2D eigenvalue weighted by molar-refractivity contribution is -0.383. The highest BCUT2D eigenvalue weighted by Crippen LogP contribution is 2.29. The Morgan fingerprint density at radius 3 is 2.43 bits per heavy atom. The number of hydrogen-bond acceptors (Lipinski definition) is 6. The van der Waals surface area contributed by atoms with Crippen molar-refractivity contribution in [1.82, 2.24) is 0 Å². The van der Waals surface area contributed by atoms with Crippen molar-refractivity contribution < 1.29 is 14.5 Å². The number of nitro benzene ring substituents is 1. The van der Waals surface area contributed by atoms with Crippen LogP contribution in [-0.4, -0.2) is 17.0 Å². The van der Waals surface area contributed by atoms with Gasteiger partial charge in [0.25, 0.3) is 5.69 Å². The van der Waals surface area contributed by atoms with Gasteiger partial charge in [0.2, 0.25) is 0 Å². The molecule has 120 valence electrons. The monoisotopic (exact) mass is 315 g/mol. The van der Waals surface area contributed by atoms with Gasteiger partial charge in [-0.15, -0.1) is 0 Å². The molecule has 3 N–H and O–H groups in total. The van der Waals surface area contributed by atoms with Crippen molar-refractivity contribution in [2.45, 2.75) is 20.0 Å². The minimum Gasteiger partial charge on any atom is -0.459 e. The Hall–Kier alpha value is -3.09. The molecule has 7 nitrogen and oxygen atoms in total. The molecular weight excluding hydrogens is 298 g/mol. The molecule has 0 fully saturated rings. The van der Waals surface area contributed by atoms with Crippen LogP contribution in [0.25, 0.3) is 0 Å². The van der Waals surface area contributed by atoms with Crippen LogP contribution in [0.3, 0.4) is 0 Å². The molecule has 0 unspecified atom stereocenters. The number of anilines is 3. The van der Waals surface area contributed by atoms with Gasteiger partial charge in [-0.25, -0.2) is 4.79 Å². The second-order valence-electron chi connectivity index (χ2n) is 5.19. The van der Waals surface area contributed by atoms with E-state index in [1.807, 2.05) is 0 Å². The van der Waals surface area contributed by atoms with Gasteiger partial charge in [-0.2, -0.15) is 0 Å². The highest BCUT2D eigenvalue weighted by molar-refractivity contribution is 5.91. The standard InChI is InChI=1S/C16H17N3O4/c1-10(2)23-16(20)11-3-8-14(15(9-11)19(21)22)18-13-6-4-12(17)5-7-13/h3-10,18H,17H2,1-2H3. The number of nitrogens with one attached hydrogen (secondary N) is 1. The fourth-order valence-corrected chi connectivity index (χ4v) is 1.92. The fourth-order valence-electron chi connectivity index (χ4n) is 1.92. The highest BCUT2D eigenvalue weighted by atomic mass is 16.6. The van der Waals surface area contributed by atoms with Crippen LogP contribution in [0.1, 0.15) is 24.2 Å². The number of nitrogens with two attached hydrogens (primary N) is 1. The Morgan fingerprint density at radius 2 is 1.87 bits per heavy atom. The van der Waals surface area contributed by atoms with Crippen molar-refractivity contribution >= 4 is 28.7 Å². The Morgan fingerprint density at radius 1 is 1.22 bits per heavy atom. The minimum atomic E-state index is -0.595. The summed E-state index contributed by atoms with van der Waals surface area (Å²) in [4.78, 5) is 22.6. The van der Waals surface area contributed by atoms with Crippen LogP contribution >= 0.6 is 0 Å². The van der Waals surface area contributed by atoms with Crippen LogP contribution < -0.4 is 11.1 Å². The SMILES string of the molecule is CC(C)OC(=O)c1ccc(Nc2ccc(N)cc2)c([N+](=O)[O-])c1. The first kappa shape index (κ1) is 16.3. The van der Waals surface area contributed by atoms with E-state index in [9.17, 15) is 14.9 Å². The molecule has 0 heterocycles. The van der Waals surface area contributed by atoms with Gasteiger partial charge in [0.15, 0.2) is 0 Å². The molecule has 0 atom stereocenters. The number of hydrogen-bond donors (Lipinski definition) is 2. The van der Waals surface area contributed by atoms with E-state index >= 15 is 0 Å². The third-order valence-electron chi connectivity index (χ3n) is 2.96. The highest BCUT2D eigenvalue weighted by Gasteiger charge is 2.19. The molecule has 2 aromatic rings. The van der Waals surface area contributed by atoms with Gasteiger partial charge in [0.05, 0.1) is 16.6 Å². The second-order valence-corrected chi connectivity index (χ2v) is 5.19. The number of rotatable bonds is 5. The normalized spacial score (nSPS) is 10.4. The van der Waals surface area contributed by atoms with Gasteiger partial charge in [-0.1, -0.05) is 0 Å². The molecule has 0 saturated heterocycles. The first-order valence-electron chi connectivity index (χ1n) is 6.99. The Kier molecular flexibility index (Phi) is 4.80. The molecule has 2 rings (SSSR count). The van der Waals surface area contributed by atoms with Gasteiger partial charge in [-0.3, -0.25) is 10.1 Å². The van der Waals surface area contributed by atoms with Crippen molar-refractivity contribution in [3.8, 4) is 0 Å². The van der Waals surface area contributed by atoms with Crippen molar-refractivity contribution in [3.05, 3.63) is 58.1 Å². The fraction of sp³-hybridized carbons (Fsp3) is 0.188.